The molecule has 2 atom stereocenters. The first-order chi connectivity index (χ1) is 13.5. The van der Waals surface area contributed by atoms with Crippen LogP contribution in [-0.2, 0) is 11.2 Å². The molecule has 3 nitrogen and oxygen atoms in total. The second-order valence-electron chi connectivity index (χ2n) is 7.57. The molecule has 1 N–H and O–H groups in total. The number of halogens is 1. The lowest BCUT2D eigenvalue weighted by Gasteiger charge is -2.29. The molecule has 3 rings (SSSR count). The molecule has 0 radical (unpaired) electrons. The molecular weight excluding hydrogens is 390 g/mol. The summed E-state index contributed by atoms with van der Waals surface area (Å²) in [5.41, 5.74) is 1.71. The molecule has 5 heteroatoms. The third-order valence-electron chi connectivity index (χ3n) is 5.55. The Balaban J connectivity index is 1.60. The van der Waals surface area contributed by atoms with Gasteiger partial charge in [0.1, 0.15) is 0 Å². The number of carbonyl (C=O) groups excluding carboxylic acids is 1. The van der Waals surface area contributed by atoms with Crippen LogP contribution in [0, 0.1) is 0 Å². The summed E-state index contributed by atoms with van der Waals surface area (Å²) in [7, 11) is 1.74. The lowest BCUT2D eigenvalue weighted by molar-refractivity contribution is -0.133. The second kappa shape index (κ2) is 9.82. The quantitative estimate of drug-likeness (QED) is 0.646. The zero-order chi connectivity index (χ0) is 20.1. The molecule has 150 valence electrons. The maximum atomic E-state index is 12.7. The van der Waals surface area contributed by atoms with E-state index in [0.717, 1.165) is 21.0 Å². The maximum Gasteiger partial charge on any atom is 0.227 e. The molecule has 0 aliphatic heterocycles. The molecule has 1 amide bonds. The molecule has 2 aromatic carbocycles. The van der Waals surface area contributed by atoms with Gasteiger partial charge in [0.25, 0.3) is 0 Å². The van der Waals surface area contributed by atoms with Crippen LogP contribution < -0.4 is 0 Å². The van der Waals surface area contributed by atoms with Crippen LogP contribution in [0.4, 0.5) is 0 Å². The molecule has 1 aliphatic carbocycles. The van der Waals surface area contributed by atoms with Gasteiger partial charge in [0.2, 0.25) is 5.91 Å². The first-order valence-electron chi connectivity index (χ1n) is 9.89. The van der Waals surface area contributed by atoms with E-state index in [-0.39, 0.29) is 18.4 Å². The van der Waals surface area contributed by atoms with Gasteiger partial charge in [-0.1, -0.05) is 60.8 Å². The van der Waals surface area contributed by atoms with E-state index in [1.54, 1.807) is 11.9 Å². The van der Waals surface area contributed by atoms with Gasteiger partial charge < -0.3 is 10.0 Å². The average molecular weight is 418 g/mol. The Labute approximate surface area is 177 Å². The summed E-state index contributed by atoms with van der Waals surface area (Å²) in [6.07, 6.45) is 4.68. The average Bonchev–Trinajstić information content (AvgIpc) is 3.22. The van der Waals surface area contributed by atoms with Crippen LogP contribution in [0.2, 0.25) is 5.02 Å². The minimum atomic E-state index is -0.719. The summed E-state index contributed by atoms with van der Waals surface area (Å²) < 4.78 is 0. The van der Waals surface area contributed by atoms with E-state index in [4.69, 9.17) is 11.6 Å². The van der Waals surface area contributed by atoms with Gasteiger partial charge in [-0.15, -0.1) is 11.8 Å². The second-order valence-corrected chi connectivity index (χ2v) is 9.32. The smallest absolute Gasteiger partial charge is 0.227 e. The number of rotatable bonds is 7. The number of thioether (sulfide) groups is 1. The number of hydrogen-bond donors (Lipinski definition) is 1. The first-order valence-corrected chi connectivity index (χ1v) is 11.1. The largest absolute Gasteiger partial charge is 0.386 e. The van der Waals surface area contributed by atoms with Crippen LogP contribution >= 0.6 is 23.4 Å². The monoisotopic (exact) mass is 417 g/mol. The van der Waals surface area contributed by atoms with Gasteiger partial charge in [0.05, 0.1) is 23.6 Å². The topological polar surface area (TPSA) is 40.5 Å². The Morgan fingerprint density at radius 2 is 1.89 bits per heavy atom. The predicted molar refractivity (Wildman–Crippen MR) is 117 cm³/mol. The molecule has 1 saturated carbocycles. The summed E-state index contributed by atoms with van der Waals surface area (Å²) >= 11 is 8.34. The number of hydrogen-bond acceptors (Lipinski definition) is 3. The number of carbonyl (C=O) groups is 1. The Morgan fingerprint density at radius 3 is 2.54 bits per heavy atom. The van der Waals surface area contributed by atoms with Crippen molar-refractivity contribution >= 4 is 29.3 Å². The van der Waals surface area contributed by atoms with Crippen LogP contribution in [0.1, 0.15) is 49.8 Å². The van der Waals surface area contributed by atoms with E-state index in [9.17, 15) is 9.90 Å². The third kappa shape index (κ3) is 5.31. The molecule has 0 aromatic heterocycles. The molecule has 28 heavy (non-hydrogen) atoms. The standard InChI is InChI=1S/C23H28ClNO2S/c1-16(23(27)18-8-4-3-5-9-18)25(2)22(26)15-17-12-13-21(20(24)14-17)28-19-10-6-7-11-19/h3-5,8-9,12-14,16,19,23,27H,6-7,10-11,15H2,1-2H3/t16-,23+/m1/s1. The minimum Gasteiger partial charge on any atom is -0.386 e. The third-order valence-corrected chi connectivity index (χ3v) is 7.39. The molecule has 1 aliphatic rings. The van der Waals surface area contributed by atoms with E-state index in [1.165, 1.54) is 25.7 Å². The van der Waals surface area contributed by atoms with Crippen molar-refractivity contribution in [3.05, 3.63) is 64.7 Å². The van der Waals surface area contributed by atoms with E-state index < -0.39 is 6.10 Å². The van der Waals surface area contributed by atoms with Gasteiger partial charge in [-0.25, -0.2) is 0 Å². The summed E-state index contributed by atoms with van der Waals surface area (Å²) in [6, 6.07) is 15.1. The first kappa shape index (κ1) is 21.2. The zero-order valence-electron chi connectivity index (χ0n) is 16.5. The van der Waals surface area contributed by atoms with Crippen molar-refractivity contribution in [2.75, 3.05) is 7.05 Å². The van der Waals surface area contributed by atoms with Gasteiger partial charge in [-0.3, -0.25) is 4.79 Å². The normalized spacial score (nSPS) is 16.7. The van der Waals surface area contributed by atoms with Crippen molar-refractivity contribution in [2.24, 2.45) is 0 Å². The van der Waals surface area contributed by atoms with Crippen LogP contribution in [0.5, 0.6) is 0 Å². The fourth-order valence-electron chi connectivity index (χ4n) is 3.60. The lowest BCUT2D eigenvalue weighted by atomic mass is 10.0. The summed E-state index contributed by atoms with van der Waals surface area (Å²) in [4.78, 5) is 15.5. The van der Waals surface area contributed by atoms with Crippen molar-refractivity contribution in [2.45, 2.75) is 61.3 Å². The SMILES string of the molecule is C[C@H]([C@H](O)c1ccccc1)N(C)C(=O)Cc1ccc(SC2CCCC2)c(Cl)c1. The maximum absolute atomic E-state index is 12.7. The molecule has 2 aromatic rings. The van der Waals surface area contributed by atoms with Crippen molar-refractivity contribution < 1.29 is 9.90 Å². The van der Waals surface area contributed by atoms with Crippen LogP contribution in [-0.4, -0.2) is 34.3 Å². The highest BCUT2D eigenvalue weighted by Crippen LogP contribution is 2.38. The lowest BCUT2D eigenvalue weighted by Crippen LogP contribution is -2.39. The Morgan fingerprint density at radius 1 is 1.21 bits per heavy atom. The molecular formula is C23H28ClNO2S. The fourth-order valence-corrected chi connectivity index (χ4v) is 5.19. The Kier molecular flexibility index (Phi) is 7.44. The molecule has 0 spiro atoms. The number of likely N-dealkylation sites (N-methyl/N-ethyl adjacent to an activating group) is 1. The number of nitrogens with zero attached hydrogens (tertiary/aromatic N) is 1. The fraction of sp³-hybridized carbons (Fsp3) is 0.435. The predicted octanol–water partition coefficient (Wildman–Crippen LogP) is 5.50. The van der Waals surface area contributed by atoms with Crippen molar-refractivity contribution in [1.82, 2.24) is 4.90 Å². The molecule has 0 saturated heterocycles. The van der Waals surface area contributed by atoms with Gasteiger partial charge in [0.15, 0.2) is 0 Å². The summed E-state index contributed by atoms with van der Waals surface area (Å²) in [6.45, 7) is 1.86. The molecule has 0 bridgehead atoms. The minimum absolute atomic E-state index is 0.0326. The Bertz CT molecular complexity index is 792. The van der Waals surface area contributed by atoms with Crippen LogP contribution in [0.25, 0.3) is 0 Å². The Hall–Kier alpha value is -1.49. The summed E-state index contributed by atoms with van der Waals surface area (Å²) in [5, 5.41) is 12.0. The van der Waals surface area contributed by atoms with E-state index in [0.29, 0.717) is 5.25 Å². The number of aliphatic hydroxyl groups is 1. The van der Waals surface area contributed by atoms with Gasteiger partial charge in [0, 0.05) is 17.2 Å². The van der Waals surface area contributed by atoms with E-state index in [1.807, 2.05) is 67.2 Å². The van der Waals surface area contributed by atoms with Crippen molar-refractivity contribution in [3.8, 4) is 0 Å². The van der Waals surface area contributed by atoms with Gasteiger partial charge in [-0.05, 0) is 43.0 Å². The summed E-state index contributed by atoms with van der Waals surface area (Å²) in [5.74, 6) is -0.0326. The number of aliphatic hydroxyl groups excluding tert-OH is 1. The van der Waals surface area contributed by atoms with Gasteiger partial charge >= 0.3 is 0 Å². The zero-order valence-corrected chi connectivity index (χ0v) is 18.0. The van der Waals surface area contributed by atoms with Crippen LogP contribution in [0.3, 0.4) is 0 Å². The number of amides is 1. The molecule has 1 fully saturated rings. The molecule has 0 heterocycles. The highest BCUT2D eigenvalue weighted by molar-refractivity contribution is 8.00. The highest BCUT2D eigenvalue weighted by atomic mass is 35.5. The van der Waals surface area contributed by atoms with Gasteiger partial charge in [-0.2, -0.15) is 0 Å². The highest BCUT2D eigenvalue weighted by Gasteiger charge is 2.24. The van der Waals surface area contributed by atoms with E-state index >= 15 is 0 Å². The van der Waals surface area contributed by atoms with Crippen molar-refractivity contribution in [1.29, 1.82) is 0 Å². The molecule has 0 unspecified atom stereocenters. The van der Waals surface area contributed by atoms with E-state index in [2.05, 4.69) is 0 Å². The van der Waals surface area contributed by atoms with Crippen molar-refractivity contribution in [3.63, 3.8) is 0 Å². The van der Waals surface area contributed by atoms with Crippen LogP contribution in [0.15, 0.2) is 53.4 Å². The number of benzene rings is 2.